The van der Waals surface area contributed by atoms with E-state index >= 15 is 0 Å². The van der Waals surface area contributed by atoms with E-state index in [1.54, 1.807) is 6.92 Å². The van der Waals surface area contributed by atoms with Crippen molar-refractivity contribution in [1.82, 2.24) is 72.3 Å². The Hall–Kier alpha value is -16.0. The molecule has 9 atom stereocenters. The van der Waals surface area contributed by atoms with Crippen LogP contribution in [0.1, 0.15) is 127 Å². The number of aromatic amines is 1. The number of nitrogens with zero attached hydrogens (tertiary/aromatic N) is 6. The van der Waals surface area contributed by atoms with Gasteiger partial charge in [0.1, 0.15) is 63.2 Å². The summed E-state index contributed by atoms with van der Waals surface area (Å²) in [6.07, 6.45) is -1.32. The summed E-state index contributed by atoms with van der Waals surface area (Å²) in [5.74, 6) is -18.4. The minimum absolute atomic E-state index is 0.00109. The number of aromatic nitrogens is 4. The Kier molecular flexibility index (Phi) is 45.6. The third-order valence-corrected chi connectivity index (χ3v) is 23.3. The molecule has 3 aromatic carbocycles. The number of carboxylic acids is 5. The molecule has 0 bridgehead atoms. The summed E-state index contributed by atoms with van der Waals surface area (Å²) in [7, 11) is 5.83. The van der Waals surface area contributed by atoms with Crippen molar-refractivity contribution in [3.63, 3.8) is 0 Å². The van der Waals surface area contributed by atoms with Gasteiger partial charge in [-0.1, -0.05) is 76.4 Å². The second-order valence-electron chi connectivity index (χ2n) is 31.3. The number of unbranched alkanes of at least 4 members (excludes halogenated alkanes) is 2. The topological polar surface area (TPSA) is 756 Å². The number of carbonyl (C=O) groups excluding carboxylic acids is 11. The molecule has 4 heterocycles. The van der Waals surface area contributed by atoms with Crippen molar-refractivity contribution < 1.29 is 145 Å². The quantitative estimate of drug-likeness (QED) is 0.00506. The molecule has 2 aromatic heterocycles. The summed E-state index contributed by atoms with van der Waals surface area (Å²) < 4.78 is 45.7. The molecule has 2 saturated heterocycles. The number of fused-ring (bicyclic) bond motifs is 1. The van der Waals surface area contributed by atoms with Crippen LogP contribution in [0.5, 0.6) is 23.0 Å². The van der Waals surface area contributed by atoms with Crippen LogP contribution in [0.15, 0.2) is 114 Å². The molecular formula is C88H113N21O31S2. The lowest BCUT2D eigenvalue weighted by Crippen LogP contribution is -2.59. The predicted molar refractivity (Wildman–Crippen MR) is 511 cm³/mol. The average molecular weight is 2030 g/mol. The van der Waals surface area contributed by atoms with E-state index in [0.717, 1.165) is 21.6 Å². The largest absolute Gasteiger partial charge is 0.493 e. The first-order chi connectivity index (χ1) is 67.7. The molecule has 0 spiro atoms. The number of nitrogens with two attached hydrogens (primary N) is 2. The maximum atomic E-state index is 14.7. The van der Waals surface area contributed by atoms with E-state index in [-0.39, 0.29) is 153 Å². The van der Waals surface area contributed by atoms with E-state index in [4.69, 9.17) is 59.6 Å². The van der Waals surface area contributed by atoms with Crippen molar-refractivity contribution in [1.29, 1.82) is 5.41 Å². The SMILES string of the molecule is C=CCOC(=O)Nc1cc(OCCCCCOc2cc(NC(=O)OCC(C)SSC[C@H](NC(=O)[C@H](CC(=O)O)NC(=O)[C@H](CC(=O)O)NC(=O)[C@H](CCCNC(=N)N)NC(=O)[C@H](CC(=O)O)NC(=O)CC[C@H](NC(=O)c3ccc(NCc4cnc5nc(N)[nH]c(=O)c5n4)cc3)C(=O)O)C(=O)O)c(C(=O)NCC(=C)CC/C=N/OC)cc2OC)c(OC)cc1C(=O)N1CC(=C)C[C@H]1C1OCCN1C(=O)OCC=C. The molecule has 0 radical (unpaired) electrons. The number of amides is 11. The van der Waals surface area contributed by atoms with Crippen LogP contribution in [0.25, 0.3) is 11.2 Å². The Balaban J connectivity index is 0.942. The van der Waals surface area contributed by atoms with Crippen molar-refractivity contribution in [2.45, 2.75) is 151 Å². The summed E-state index contributed by atoms with van der Waals surface area (Å²) in [5.41, 5.74) is 12.1. The first-order valence-corrected chi connectivity index (χ1v) is 46.1. The molecule has 0 aliphatic carbocycles. The van der Waals surface area contributed by atoms with Gasteiger partial charge in [0.2, 0.25) is 35.5 Å². The molecule has 2 unspecified atom stereocenters. The van der Waals surface area contributed by atoms with Gasteiger partial charge in [-0.15, -0.1) is 0 Å². The number of H-pyrrole nitrogens is 1. The molecule has 22 N–H and O–H groups in total. The summed E-state index contributed by atoms with van der Waals surface area (Å²) in [5, 5.41) is 86.8. The highest BCUT2D eigenvalue weighted by Crippen LogP contribution is 2.39. The Labute approximate surface area is 818 Å². The molecule has 5 aromatic rings. The zero-order valence-corrected chi connectivity index (χ0v) is 79.3. The first kappa shape index (κ1) is 113. The standard InChI is InChI=1S/C88H113N21O31S2/c1-9-27-138-86(129)105-57-36-66(64(133-7)34-53(57)80(124)109-43-47(4)32-62(109)81-108(26-31-137-81)88(131)139-28-10-2)136-30-13-11-12-29-135-65-35-56(52(33-63(65)132-6)74(118)95-40-46(3)16-14-25-96-134-8)104-87(130)140-44-48(5)142-141-45-61(83(127)128)103-78(122)60(39-70(115)116)102-77(121)59(38-69(113)114)101-75(119)54(17-15-24-92-84(89)90)99-76(120)58(37-68(111)112)98-67(110)23-22-55(82(125)126)100-73(117)49-18-20-50(21-19-49)93-41-51-42-94-72-71(97-51)79(123)107-85(91)106-72/h9-10,18-21,25,33-36,42,48,54-55,58-62,81,93H,1-4,11-17,22-24,26-32,37-41,43-45H2,5-8H3,(H,95,118)(H,98,110)(H,99,120)(H,100,117)(H,101,119)(H,102,121)(H,103,122)(H,104,130)(H,105,129)(H,111,112)(H,113,114)(H,115,116)(H,125,126)(H,127,128)(H4,89,90,92)(H3,91,94,106,107,123)/b96-25+/t48?,54-,55-,58-,59-,60-,61-,62-,81?/m0/s1. The lowest BCUT2D eigenvalue weighted by atomic mass is 10.1. The normalized spacial score (nSPS) is 14.5. The van der Waals surface area contributed by atoms with Gasteiger partial charge in [-0.2, -0.15) is 4.98 Å². The summed E-state index contributed by atoms with van der Waals surface area (Å²) >= 11 is 0. The first-order valence-electron chi connectivity index (χ1n) is 43.7. The van der Waals surface area contributed by atoms with E-state index in [0.29, 0.717) is 54.6 Å². The fourth-order valence-electron chi connectivity index (χ4n) is 13.6. The number of carbonyl (C=O) groups is 16. The van der Waals surface area contributed by atoms with Gasteiger partial charge in [-0.3, -0.25) is 83.5 Å². The van der Waals surface area contributed by atoms with Crippen LogP contribution >= 0.6 is 21.6 Å². The van der Waals surface area contributed by atoms with Crippen molar-refractivity contribution >= 4 is 163 Å². The minimum atomic E-state index is -2.24. The van der Waals surface area contributed by atoms with Gasteiger partial charge in [0, 0.05) is 66.7 Å². The van der Waals surface area contributed by atoms with Crippen LogP contribution in [0.2, 0.25) is 0 Å². The molecular weight excluding hydrogens is 1910 g/mol. The second-order valence-corrected chi connectivity index (χ2v) is 34.1. The number of oxime groups is 1. The van der Waals surface area contributed by atoms with E-state index in [9.17, 15) is 107 Å². The van der Waals surface area contributed by atoms with Crippen LogP contribution in [-0.4, -0.2) is 309 Å². The number of nitrogens with one attached hydrogen (secondary N) is 13. The summed E-state index contributed by atoms with van der Waals surface area (Å²) in [6.45, 7) is 16.7. The van der Waals surface area contributed by atoms with E-state index in [1.165, 1.54) is 104 Å². The number of hydrogen-bond donors (Lipinski definition) is 20. The van der Waals surface area contributed by atoms with Crippen LogP contribution in [0.4, 0.5) is 37.4 Å². The lowest BCUT2D eigenvalue weighted by Gasteiger charge is -2.33. The number of methoxy groups -OCH3 is 2. The third-order valence-electron chi connectivity index (χ3n) is 20.4. The van der Waals surface area contributed by atoms with Gasteiger partial charge in [-0.25, -0.2) is 33.9 Å². The number of anilines is 4. The molecule has 7 rings (SSSR count). The van der Waals surface area contributed by atoms with Gasteiger partial charge in [0.15, 0.2) is 46.3 Å². The number of hydrogen-bond acceptors (Lipinski definition) is 35. The molecule has 2 aliphatic rings. The van der Waals surface area contributed by atoms with Crippen molar-refractivity contribution in [3.05, 3.63) is 137 Å². The highest BCUT2D eigenvalue weighted by Gasteiger charge is 2.46. The van der Waals surface area contributed by atoms with Crippen LogP contribution in [-0.2, 0) is 78.3 Å². The molecule has 11 amide bonds. The lowest BCUT2D eigenvalue weighted by molar-refractivity contribution is -0.144. The number of guanidine groups is 1. The zero-order chi connectivity index (χ0) is 104. The number of rotatable bonds is 60. The number of nitrogen functional groups attached to an aromatic ring is 1. The van der Waals surface area contributed by atoms with Crippen molar-refractivity contribution in [2.75, 3.05) is 115 Å². The third kappa shape index (κ3) is 36.7. The van der Waals surface area contributed by atoms with Crippen molar-refractivity contribution in [2.24, 2.45) is 10.9 Å². The number of likely N-dealkylation sites (tertiary alicyclic amines) is 1. The highest BCUT2D eigenvalue weighted by atomic mass is 33.1. The fourth-order valence-corrected chi connectivity index (χ4v) is 15.9. The Morgan fingerprint density at radius 1 is 0.669 bits per heavy atom. The highest BCUT2D eigenvalue weighted by molar-refractivity contribution is 8.77. The van der Waals surface area contributed by atoms with E-state index < -0.39 is 205 Å². The Morgan fingerprint density at radius 2 is 1.24 bits per heavy atom. The van der Waals surface area contributed by atoms with Gasteiger partial charge < -0.3 is 132 Å². The Morgan fingerprint density at radius 3 is 1.82 bits per heavy atom. The molecule has 142 heavy (non-hydrogen) atoms. The molecule has 0 saturated carbocycles. The zero-order valence-electron chi connectivity index (χ0n) is 77.6. The number of benzene rings is 3. The van der Waals surface area contributed by atoms with Gasteiger partial charge >= 0.3 is 48.1 Å². The molecule has 52 nitrogen and oxygen atoms in total. The smallest absolute Gasteiger partial charge is 0.412 e. The van der Waals surface area contributed by atoms with Gasteiger partial charge in [0.05, 0.1) is 107 Å². The molecule has 768 valence electrons. The maximum absolute atomic E-state index is 14.7. The number of ether oxygens (including phenoxy) is 8. The van der Waals surface area contributed by atoms with Gasteiger partial charge in [0.25, 0.3) is 23.3 Å². The summed E-state index contributed by atoms with van der Waals surface area (Å²) in [4.78, 5) is 248. The van der Waals surface area contributed by atoms with Crippen LogP contribution in [0, 0.1) is 5.41 Å². The number of aliphatic carboxylic acids is 5. The molecule has 2 aliphatic heterocycles. The summed E-state index contributed by atoms with van der Waals surface area (Å²) in [6, 6.07) is -1.62. The van der Waals surface area contributed by atoms with E-state index in [1.807, 2.05) is 5.32 Å². The van der Waals surface area contributed by atoms with Gasteiger partial charge in [-0.05, 0) is 101 Å². The molecule has 54 heteroatoms. The monoisotopic (exact) mass is 2020 g/mol. The second kappa shape index (κ2) is 57.4. The average Bonchev–Trinajstić information content (AvgIpc) is 1.61. The van der Waals surface area contributed by atoms with Crippen molar-refractivity contribution in [3.8, 4) is 23.0 Å². The Bertz CT molecular complexity index is 5540. The van der Waals surface area contributed by atoms with E-state index in [2.05, 4.69) is 105 Å². The minimum Gasteiger partial charge on any atom is -0.493 e. The number of carboxylic acid groups (broad SMARTS) is 5. The predicted octanol–water partition coefficient (Wildman–Crippen LogP) is 2.91. The van der Waals surface area contributed by atoms with Crippen LogP contribution in [0.3, 0.4) is 0 Å². The molecule has 2 fully saturated rings. The van der Waals surface area contributed by atoms with Crippen LogP contribution < -0.4 is 94.5 Å². The maximum Gasteiger partial charge on any atom is 0.412 e. The fraction of sp³-hybridized carbons (Fsp3) is 0.432.